The summed E-state index contributed by atoms with van der Waals surface area (Å²) in [6.45, 7) is 8.14. The molecule has 0 spiro atoms. The van der Waals surface area contributed by atoms with E-state index in [9.17, 15) is 0 Å². The zero-order chi connectivity index (χ0) is 13.9. The first-order chi connectivity index (χ1) is 8.94. The number of benzene rings is 1. The van der Waals surface area contributed by atoms with Crippen LogP contribution in [0.25, 0.3) is 0 Å². The molecular formula is C15H20BrN3. The lowest BCUT2D eigenvalue weighted by molar-refractivity contribution is 0.414. The summed E-state index contributed by atoms with van der Waals surface area (Å²) in [6, 6.07) is 10.4. The fourth-order valence-corrected chi connectivity index (χ4v) is 2.26. The standard InChI is InChI=1S/C15H20BrN3/c1-15(2,3)17-10-14-7-8-18-19(14)11-12-5-4-6-13(16)9-12/h4-9,17H,10-11H2,1-3H3. The zero-order valence-electron chi connectivity index (χ0n) is 11.7. The van der Waals surface area contributed by atoms with E-state index in [0.717, 1.165) is 17.6 Å². The number of nitrogens with zero attached hydrogens (tertiary/aromatic N) is 2. The van der Waals surface area contributed by atoms with E-state index in [2.05, 4.69) is 71.4 Å². The summed E-state index contributed by atoms with van der Waals surface area (Å²) >= 11 is 3.50. The molecule has 2 aromatic rings. The molecule has 0 saturated carbocycles. The van der Waals surface area contributed by atoms with Crippen molar-refractivity contribution in [3.05, 3.63) is 52.3 Å². The fraction of sp³-hybridized carbons (Fsp3) is 0.400. The third-order valence-electron chi connectivity index (χ3n) is 2.83. The number of rotatable bonds is 4. The zero-order valence-corrected chi connectivity index (χ0v) is 13.2. The van der Waals surface area contributed by atoms with Crippen LogP contribution in [0.4, 0.5) is 0 Å². The molecule has 0 saturated heterocycles. The highest BCUT2D eigenvalue weighted by molar-refractivity contribution is 9.10. The van der Waals surface area contributed by atoms with Crippen molar-refractivity contribution in [2.75, 3.05) is 0 Å². The summed E-state index contributed by atoms with van der Waals surface area (Å²) < 4.78 is 3.15. The lowest BCUT2D eigenvalue weighted by Gasteiger charge is -2.20. The monoisotopic (exact) mass is 321 g/mol. The summed E-state index contributed by atoms with van der Waals surface area (Å²) in [5.74, 6) is 0. The van der Waals surface area contributed by atoms with Gasteiger partial charge in [-0.3, -0.25) is 4.68 Å². The van der Waals surface area contributed by atoms with Gasteiger partial charge in [0.15, 0.2) is 0 Å². The number of halogens is 1. The molecule has 3 nitrogen and oxygen atoms in total. The third kappa shape index (κ3) is 4.48. The largest absolute Gasteiger partial charge is 0.306 e. The highest BCUT2D eigenvalue weighted by Gasteiger charge is 2.10. The van der Waals surface area contributed by atoms with E-state index < -0.39 is 0 Å². The first-order valence-corrected chi connectivity index (χ1v) is 7.23. The molecule has 0 atom stereocenters. The van der Waals surface area contributed by atoms with E-state index in [-0.39, 0.29) is 5.54 Å². The van der Waals surface area contributed by atoms with Crippen molar-refractivity contribution in [2.45, 2.75) is 39.4 Å². The molecule has 0 radical (unpaired) electrons. The summed E-state index contributed by atoms with van der Waals surface area (Å²) in [5, 5.41) is 7.89. The van der Waals surface area contributed by atoms with Gasteiger partial charge in [0, 0.05) is 22.8 Å². The molecule has 0 unspecified atom stereocenters. The van der Waals surface area contributed by atoms with Crippen LogP contribution in [0.1, 0.15) is 32.0 Å². The minimum Gasteiger partial charge on any atom is -0.306 e. The maximum atomic E-state index is 4.40. The normalized spacial score (nSPS) is 11.8. The van der Waals surface area contributed by atoms with Crippen molar-refractivity contribution in [2.24, 2.45) is 0 Å². The van der Waals surface area contributed by atoms with Gasteiger partial charge in [-0.05, 0) is 44.5 Å². The molecule has 102 valence electrons. The van der Waals surface area contributed by atoms with Crippen molar-refractivity contribution in [3.8, 4) is 0 Å². The Morgan fingerprint density at radius 3 is 2.74 bits per heavy atom. The van der Waals surface area contributed by atoms with Crippen LogP contribution in [0, 0.1) is 0 Å². The predicted octanol–water partition coefficient (Wildman–Crippen LogP) is 3.58. The van der Waals surface area contributed by atoms with E-state index in [4.69, 9.17) is 0 Å². The second kappa shape index (κ2) is 5.88. The molecule has 0 amide bonds. The van der Waals surface area contributed by atoms with Crippen molar-refractivity contribution >= 4 is 15.9 Å². The molecule has 1 N–H and O–H groups in total. The van der Waals surface area contributed by atoms with Crippen molar-refractivity contribution in [1.82, 2.24) is 15.1 Å². The Morgan fingerprint density at radius 1 is 1.26 bits per heavy atom. The molecule has 1 aromatic carbocycles. The Morgan fingerprint density at radius 2 is 2.05 bits per heavy atom. The van der Waals surface area contributed by atoms with Gasteiger partial charge in [-0.15, -0.1) is 0 Å². The number of nitrogens with one attached hydrogen (secondary N) is 1. The van der Waals surface area contributed by atoms with Gasteiger partial charge in [0.2, 0.25) is 0 Å². The number of hydrogen-bond donors (Lipinski definition) is 1. The molecule has 0 aliphatic carbocycles. The van der Waals surface area contributed by atoms with Gasteiger partial charge in [-0.25, -0.2) is 0 Å². The average Bonchev–Trinajstić information content (AvgIpc) is 2.73. The first-order valence-electron chi connectivity index (χ1n) is 6.44. The lowest BCUT2D eigenvalue weighted by atomic mass is 10.1. The first kappa shape index (κ1) is 14.3. The van der Waals surface area contributed by atoms with Gasteiger partial charge < -0.3 is 5.32 Å². The maximum Gasteiger partial charge on any atom is 0.0663 e. The summed E-state index contributed by atoms with van der Waals surface area (Å²) in [7, 11) is 0. The third-order valence-corrected chi connectivity index (χ3v) is 3.32. The minimum absolute atomic E-state index is 0.116. The van der Waals surface area contributed by atoms with Crippen LogP contribution in [0.2, 0.25) is 0 Å². The molecule has 1 aromatic heterocycles. The van der Waals surface area contributed by atoms with Crippen LogP contribution < -0.4 is 5.32 Å². The van der Waals surface area contributed by atoms with Crippen LogP contribution >= 0.6 is 15.9 Å². The highest BCUT2D eigenvalue weighted by Crippen LogP contribution is 2.13. The molecular weight excluding hydrogens is 302 g/mol. The molecule has 19 heavy (non-hydrogen) atoms. The van der Waals surface area contributed by atoms with Crippen molar-refractivity contribution in [3.63, 3.8) is 0 Å². The van der Waals surface area contributed by atoms with Gasteiger partial charge in [0.25, 0.3) is 0 Å². The minimum atomic E-state index is 0.116. The fourth-order valence-electron chi connectivity index (χ4n) is 1.82. The molecule has 0 aliphatic heterocycles. The lowest BCUT2D eigenvalue weighted by Crippen LogP contribution is -2.35. The Kier molecular flexibility index (Phi) is 4.42. The Bertz CT molecular complexity index is 540. The van der Waals surface area contributed by atoms with E-state index in [0.29, 0.717) is 0 Å². The predicted molar refractivity (Wildman–Crippen MR) is 82.1 cm³/mol. The SMILES string of the molecule is CC(C)(C)NCc1ccnn1Cc1cccc(Br)c1. The Balaban J connectivity index is 2.07. The molecule has 0 bridgehead atoms. The van der Waals surface area contributed by atoms with Gasteiger partial charge >= 0.3 is 0 Å². The van der Waals surface area contributed by atoms with Crippen molar-refractivity contribution < 1.29 is 0 Å². The van der Waals surface area contributed by atoms with E-state index in [1.54, 1.807) is 0 Å². The van der Waals surface area contributed by atoms with Crippen LogP contribution in [0.5, 0.6) is 0 Å². The second-order valence-electron chi connectivity index (χ2n) is 5.71. The van der Waals surface area contributed by atoms with Crippen LogP contribution in [-0.2, 0) is 13.1 Å². The smallest absolute Gasteiger partial charge is 0.0663 e. The van der Waals surface area contributed by atoms with Gasteiger partial charge in [0.05, 0.1) is 12.2 Å². The Hall–Kier alpha value is -1.13. The average molecular weight is 322 g/mol. The molecule has 4 heteroatoms. The van der Waals surface area contributed by atoms with E-state index in [1.165, 1.54) is 11.3 Å². The van der Waals surface area contributed by atoms with Gasteiger partial charge in [-0.2, -0.15) is 5.10 Å². The Labute approximate surface area is 123 Å². The summed E-state index contributed by atoms with van der Waals surface area (Å²) in [6.07, 6.45) is 1.86. The molecule has 0 fully saturated rings. The second-order valence-corrected chi connectivity index (χ2v) is 6.63. The number of aromatic nitrogens is 2. The highest BCUT2D eigenvalue weighted by atomic mass is 79.9. The molecule has 2 rings (SSSR count). The van der Waals surface area contributed by atoms with Gasteiger partial charge in [0.1, 0.15) is 0 Å². The topological polar surface area (TPSA) is 29.9 Å². The van der Waals surface area contributed by atoms with Crippen LogP contribution in [0.3, 0.4) is 0 Å². The number of hydrogen-bond acceptors (Lipinski definition) is 2. The van der Waals surface area contributed by atoms with Crippen LogP contribution in [-0.4, -0.2) is 15.3 Å². The van der Waals surface area contributed by atoms with Crippen LogP contribution in [0.15, 0.2) is 41.0 Å². The van der Waals surface area contributed by atoms with Gasteiger partial charge in [-0.1, -0.05) is 28.1 Å². The summed E-state index contributed by atoms with van der Waals surface area (Å²) in [4.78, 5) is 0. The van der Waals surface area contributed by atoms with Crippen molar-refractivity contribution in [1.29, 1.82) is 0 Å². The quantitative estimate of drug-likeness (QED) is 0.932. The molecule has 0 aliphatic rings. The maximum absolute atomic E-state index is 4.40. The molecule has 1 heterocycles. The van der Waals surface area contributed by atoms with E-state index >= 15 is 0 Å². The van der Waals surface area contributed by atoms with E-state index in [1.807, 2.05) is 16.9 Å². The summed E-state index contributed by atoms with van der Waals surface area (Å²) in [5.41, 5.74) is 2.57.